The summed E-state index contributed by atoms with van der Waals surface area (Å²) in [6, 6.07) is 17.5. The molecule has 2 heterocycles. The van der Waals surface area contributed by atoms with Crippen molar-refractivity contribution in [1.29, 1.82) is 0 Å². The Labute approximate surface area is 215 Å². The third-order valence-electron chi connectivity index (χ3n) is 6.18. The first-order valence-electron chi connectivity index (χ1n) is 10.9. The molecule has 0 saturated heterocycles. The van der Waals surface area contributed by atoms with Gasteiger partial charge in [-0.3, -0.25) is 9.59 Å². The minimum absolute atomic E-state index is 0.0714. The largest absolute Gasteiger partial charge is 0.493 e. The van der Waals surface area contributed by atoms with Crippen LogP contribution in [0.4, 0.5) is 0 Å². The second-order valence-corrected chi connectivity index (χ2v) is 9.56. The zero-order valence-electron chi connectivity index (χ0n) is 19.0. The molecule has 1 aromatic heterocycles. The van der Waals surface area contributed by atoms with E-state index in [0.29, 0.717) is 46.0 Å². The number of ether oxygens (including phenoxy) is 2. The van der Waals surface area contributed by atoms with Crippen LogP contribution < -0.4 is 14.9 Å². The normalized spacial score (nSPS) is 14.9. The van der Waals surface area contributed by atoms with Crippen molar-refractivity contribution in [1.82, 2.24) is 4.90 Å². The molecule has 3 aromatic carbocycles. The molecule has 4 aromatic rings. The fraction of sp³-hybridized carbons (Fsp3) is 0.185. The predicted octanol–water partition coefficient (Wildman–Crippen LogP) is 6.01. The van der Waals surface area contributed by atoms with Crippen LogP contribution >= 0.6 is 27.5 Å². The molecular formula is C27H21BrClNO5. The highest BCUT2D eigenvalue weighted by Gasteiger charge is 2.42. The van der Waals surface area contributed by atoms with Crippen molar-refractivity contribution in [2.75, 3.05) is 20.8 Å². The first-order chi connectivity index (χ1) is 16.9. The molecule has 1 amide bonds. The average molecular weight is 555 g/mol. The number of fused-ring (bicyclic) bond motifs is 2. The molecule has 6 nitrogen and oxygen atoms in total. The van der Waals surface area contributed by atoms with Gasteiger partial charge >= 0.3 is 0 Å². The molecule has 0 fully saturated rings. The number of carbonyl (C=O) groups excluding carboxylic acids is 1. The minimum Gasteiger partial charge on any atom is -0.493 e. The van der Waals surface area contributed by atoms with Gasteiger partial charge in [0, 0.05) is 16.0 Å². The summed E-state index contributed by atoms with van der Waals surface area (Å²) in [4.78, 5) is 28.9. The maximum Gasteiger partial charge on any atom is 0.290 e. The Bertz CT molecular complexity index is 1520. The lowest BCUT2D eigenvalue weighted by Gasteiger charge is -2.25. The molecule has 0 radical (unpaired) electrons. The smallest absolute Gasteiger partial charge is 0.290 e. The van der Waals surface area contributed by atoms with Crippen molar-refractivity contribution in [3.05, 3.63) is 103 Å². The van der Waals surface area contributed by atoms with E-state index in [1.807, 2.05) is 42.5 Å². The van der Waals surface area contributed by atoms with Gasteiger partial charge in [-0.25, -0.2) is 0 Å². The molecular weight excluding hydrogens is 534 g/mol. The van der Waals surface area contributed by atoms with Crippen molar-refractivity contribution in [2.45, 2.75) is 12.5 Å². The van der Waals surface area contributed by atoms with Gasteiger partial charge < -0.3 is 18.8 Å². The Kier molecular flexibility index (Phi) is 6.30. The lowest BCUT2D eigenvalue weighted by Crippen LogP contribution is -2.31. The van der Waals surface area contributed by atoms with E-state index in [1.165, 1.54) is 0 Å². The fourth-order valence-corrected chi connectivity index (χ4v) is 5.12. The summed E-state index contributed by atoms with van der Waals surface area (Å²) in [5, 5.41) is 0.782. The third-order valence-corrected chi connectivity index (χ3v) is 6.91. The van der Waals surface area contributed by atoms with Gasteiger partial charge in [-0.1, -0.05) is 45.7 Å². The molecule has 1 aliphatic heterocycles. The van der Waals surface area contributed by atoms with Crippen LogP contribution in [0.15, 0.2) is 74.3 Å². The van der Waals surface area contributed by atoms with Crippen LogP contribution in [0.2, 0.25) is 5.02 Å². The van der Waals surface area contributed by atoms with Gasteiger partial charge in [0.25, 0.3) is 5.91 Å². The molecule has 35 heavy (non-hydrogen) atoms. The summed E-state index contributed by atoms with van der Waals surface area (Å²) in [6.07, 6.45) is 0.546. The summed E-state index contributed by atoms with van der Waals surface area (Å²) < 4.78 is 17.6. The van der Waals surface area contributed by atoms with Gasteiger partial charge in [0.1, 0.15) is 5.58 Å². The first-order valence-corrected chi connectivity index (χ1v) is 12.1. The summed E-state index contributed by atoms with van der Waals surface area (Å²) in [7, 11) is 3.17. The van der Waals surface area contributed by atoms with Crippen molar-refractivity contribution in [3.8, 4) is 11.5 Å². The molecule has 0 aliphatic carbocycles. The summed E-state index contributed by atoms with van der Waals surface area (Å²) >= 11 is 9.66. The monoisotopic (exact) mass is 553 g/mol. The number of methoxy groups -OCH3 is 2. The van der Waals surface area contributed by atoms with Crippen LogP contribution in [0, 0.1) is 0 Å². The number of halogens is 2. The van der Waals surface area contributed by atoms with Crippen LogP contribution in [0.1, 0.15) is 33.3 Å². The van der Waals surface area contributed by atoms with Gasteiger partial charge in [-0.15, -0.1) is 0 Å². The molecule has 0 unspecified atom stereocenters. The molecule has 1 aliphatic rings. The first kappa shape index (κ1) is 23.5. The van der Waals surface area contributed by atoms with E-state index in [1.54, 1.807) is 37.3 Å². The summed E-state index contributed by atoms with van der Waals surface area (Å²) in [6.45, 7) is 0.367. The predicted molar refractivity (Wildman–Crippen MR) is 138 cm³/mol. The molecule has 0 N–H and O–H groups in total. The van der Waals surface area contributed by atoms with Crippen molar-refractivity contribution < 1.29 is 18.7 Å². The maximum atomic E-state index is 13.6. The standard InChI is InChI=1S/C27H21BrClNO5/c1-33-21-8-6-15(12-22(21)34-2)10-11-30-24(16-4-3-5-17(28)13-16)23-25(31)19-14-18(29)7-9-20(19)35-26(23)27(30)32/h3-9,12-14,24H,10-11H2,1-2H3/t24-/m0/s1. The highest BCUT2D eigenvalue weighted by atomic mass is 79.9. The molecule has 0 spiro atoms. The van der Waals surface area contributed by atoms with Crippen LogP contribution in [-0.2, 0) is 6.42 Å². The Morgan fingerprint density at radius 1 is 1.00 bits per heavy atom. The number of amides is 1. The number of hydrogen-bond donors (Lipinski definition) is 0. The Hall–Kier alpha value is -3.29. The highest BCUT2D eigenvalue weighted by molar-refractivity contribution is 9.10. The van der Waals surface area contributed by atoms with Gasteiger partial charge in [0.05, 0.1) is 31.2 Å². The summed E-state index contributed by atoms with van der Waals surface area (Å²) in [5.41, 5.74) is 2.19. The van der Waals surface area contributed by atoms with Gasteiger partial charge in [-0.05, 0) is 60.0 Å². The van der Waals surface area contributed by atoms with E-state index in [-0.39, 0.29) is 17.1 Å². The van der Waals surface area contributed by atoms with Crippen molar-refractivity contribution >= 4 is 44.4 Å². The Balaban J connectivity index is 1.59. The number of nitrogens with zero attached hydrogens (tertiary/aromatic N) is 1. The fourth-order valence-electron chi connectivity index (χ4n) is 4.53. The number of benzene rings is 3. The van der Waals surface area contributed by atoms with E-state index in [9.17, 15) is 9.59 Å². The van der Waals surface area contributed by atoms with Gasteiger partial charge in [0.15, 0.2) is 16.9 Å². The lowest BCUT2D eigenvalue weighted by atomic mass is 9.98. The zero-order chi connectivity index (χ0) is 24.7. The SMILES string of the molecule is COc1ccc(CCN2C(=O)c3oc4ccc(Cl)cc4c(=O)c3[C@@H]2c2cccc(Br)c2)cc1OC. The molecule has 8 heteroatoms. The van der Waals surface area contributed by atoms with E-state index in [4.69, 9.17) is 25.5 Å². The average Bonchev–Trinajstić information content (AvgIpc) is 3.14. The lowest BCUT2D eigenvalue weighted by molar-refractivity contribution is 0.0730. The zero-order valence-corrected chi connectivity index (χ0v) is 21.4. The minimum atomic E-state index is -0.588. The van der Waals surface area contributed by atoms with Crippen molar-refractivity contribution in [3.63, 3.8) is 0 Å². The second kappa shape index (κ2) is 9.40. The molecule has 5 rings (SSSR count). The van der Waals surface area contributed by atoms with Crippen LogP contribution in [0.5, 0.6) is 11.5 Å². The summed E-state index contributed by atoms with van der Waals surface area (Å²) in [5.74, 6) is 0.999. The van der Waals surface area contributed by atoms with Crippen LogP contribution in [-0.4, -0.2) is 31.6 Å². The Morgan fingerprint density at radius 3 is 2.54 bits per heavy atom. The molecule has 178 valence electrons. The van der Waals surface area contributed by atoms with E-state index in [0.717, 1.165) is 15.6 Å². The van der Waals surface area contributed by atoms with Gasteiger partial charge in [0.2, 0.25) is 5.76 Å². The number of carbonyl (C=O) groups is 1. The van der Waals surface area contributed by atoms with Crippen LogP contribution in [0.25, 0.3) is 11.0 Å². The van der Waals surface area contributed by atoms with Crippen LogP contribution in [0.3, 0.4) is 0 Å². The number of hydrogen-bond acceptors (Lipinski definition) is 5. The topological polar surface area (TPSA) is 69.0 Å². The second-order valence-electron chi connectivity index (χ2n) is 8.21. The molecule has 1 atom stereocenters. The Morgan fingerprint density at radius 2 is 1.80 bits per heavy atom. The molecule has 0 saturated carbocycles. The van der Waals surface area contributed by atoms with Crippen molar-refractivity contribution in [2.24, 2.45) is 0 Å². The number of rotatable bonds is 6. The quantitative estimate of drug-likeness (QED) is 0.292. The van der Waals surface area contributed by atoms with Gasteiger partial charge in [-0.2, -0.15) is 0 Å². The van der Waals surface area contributed by atoms with E-state index < -0.39 is 6.04 Å². The maximum absolute atomic E-state index is 13.6. The highest BCUT2D eigenvalue weighted by Crippen LogP contribution is 2.39. The third kappa shape index (κ3) is 4.19. The van der Waals surface area contributed by atoms with E-state index in [2.05, 4.69) is 15.9 Å². The van der Waals surface area contributed by atoms with E-state index >= 15 is 0 Å². The molecule has 0 bridgehead atoms.